The lowest BCUT2D eigenvalue weighted by molar-refractivity contribution is 0.0777. The summed E-state index contributed by atoms with van der Waals surface area (Å²) in [6.07, 6.45) is 0. The largest absolute Gasteiger partial charge is 0.386 e. The maximum atomic E-state index is 10.3. The molecule has 0 aromatic heterocycles. The number of benzene rings is 2. The van der Waals surface area contributed by atoms with E-state index in [1.807, 2.05) is 26.0 Å². The highest BCUT2D eigenvalue weighted by molar-refractivity contribution is 5.37. The summed E-state index contributed by atoms with van der Waals surface area (Å²) in [4.78, 5) is 2.32. The van der Waals surface area contributed by atoms with Gasteiger partial charge in [-0.2, -0.15) is 0 Å². The Morgan fingerprint density at radius 2 is 1.48 bits per heavy atom. The standard InChI is InChI=1S/C23H33NO/c1-17-19(9-8-10-21(17)23(5,6)25)16-24(7)15-18-11-13-20(14-12-18)22(2,3)4/h8-14,25H,15-16H2,1-7H3. The van der Waals surface area contributed by atoms with Gasteiger partial charge in [-0.3, -0.25) is 4.90 Å². The zero-order chi connectivity index (χ0) is 18.8. The summed E-state index contributed by atoms with van der Waals surface area (Å²) in [5, 5.41) is 10.3. The van der Waals surface area contributed by atoms with E-state index in [9.17, 15) is 5.11 Å². The summed E-state index contributed by atoms with van der Waals surface area (Å²) in [6.45, 7) is 14.3. The quantitative estimate of drug-likeness (QED) is 0.814. The average molecular weight is 340 g/mol. The van der Waals surface area contributed by atoms with Gasteiger partial charge in [-0.05, 0) is 61.1 Å². The third-order valence-corrected chi connectivity index (χ3v) is 4.82. The molecule has 136 valence electrons. The lowest BCUT2D eigenvalue weighted by Gasteiger charge is -2.24. The van der Waals surface area contributed by atoms with E-state index in [0.717, 1.165) is 18.7 Å². The second kappa shape index (κ2) is 7.31. The Labute approximate surface area is 153 Å². The van der Waals surface area contributed by atoms with Crippen molar-refractivity contribution in [2.45, 2.75) is 65.6 Å². The highest BCUT2D eigenvalue weighted by atomic mass is 16.3. The van der Waals surface area contributed by atoms with Gasteiger partial charge in [-0.15, -0.1) is 0 Å². The molecular weight excluding hydrogens is 306 g/mol. The molecule has 2 rings (SSSR count). The first-order chi connectivity index (χ1) is 11.5. The molecule has 0 bridgehead atoms. The molecule has 0 aliphatic rings. The summed E-state index contributed by atoms with van der Waals surface area (Å²) < 4.78 is 0. The molecule has 0 saturated heterocycles. The second-order valence-electron chi connectivity index (χ2n) is 8.77. The Morgan fingerprint density at radius 3 is 2.00 bits per heavy atom. The fourth-order valence-corrected chi connectivity index (χ4v) is 3.29. The van der Waals surface area contributed by atoms with Gasteiger partial charge < -0.3 is 5.11 Å². The van der Waals surface area contributed by atoms with E-state index in [2.05, 4.69) is 70.0 Å². The van der Waals surface area contributed by atoms with Crippen molar-refractivity contribution < 1.29 is 5.11 Å². The molecule has 2 aromatic carbocycles. The van der Waals surface area contributed by atoms with Gasteiger partial charge in [0.2, 0.25) is 0 Å². The monoisotopic (exact) mass is 339 g/mol. The average Bonchev–Trinajstić information content (AvgIpc) is 2.47. The van der Waals surface area contributed by atoms with Crippen molar-refractivity contribution in [1.82, 2.24) is 4.90 Å². The first-order valence-corrected chi connectivity index (χ1v) is 9.08. The second-order valence-corrected chi connectivity index (χ2v) is 8.77. The first-order valence-electron chi connectivity index (χ1n) is 9.08. The van der Waals surface area contributed by atoms with E-state index in [1.54, 1.807) is 0 Å². The molecule has 25 heavy (non-hydrogen) atoms. The Bertz CT molecular complexity index is 702. The van der Waals surface area contributed by atoms with Gasteiger partial charge in [0.1, 0.15) is 0 Å². The smallest absolute Gasteiger partial charge is 0.0843 e. The highest BCUT2D eigenvalue weighted by Crippen LogP contribution is 2.26. The molecule has 0 amide bonds. The zero-order valence-corrected chi connectivity index (χ0v) is 16.9. The van der Waals surface area contributed by atoms with Crippen LogP contribution in [0.25, 0.3) is 0 Å². The van der Waals surface area contributed by atoms with Crippen LogP contribution in [0.4, 0.5) is 0 Å². The molecule has 0 fully saturated rings. The van der Waals surface area contributed by atoms with Crippen molar-refractivity contribution in [2.24, 2.45) is 0 Å². The minimum absolute atomic E-state index is 0.194. The van der Waals surface area contributed by atoms with E-state index >= 15 is 0 Å². The third kappa shape index (κ3) is 5.17. The van der Waals surface area contributed by atoms with Crippen LogP contribution in [-0.2, 0) is 24.1 Å². The van der Waals surface area contributed by atoms with Crippen molar-refractivity contribution in [3.63, 3.8) is 0 Å². The molecule has 0 saturated carbocycles. The molecule has 2 aromatic rings. The van der Waals surface area contributed by atoms with E-state index in [1.165, 1.54) is 22.3 Å². The highest BCUT2D eigenvalue weighted by Gasteiger charge is 2.20. The Balaban J connectivity index is 2.09. The number of aliphatic hydroxyl groups is 1. The maximum Gasteiger partial charge on any atom is 0.0843 e. The Morgan fingerprint density at radius 1 is 0.880 bits per heavy atom. The van der Waals surface area contributed by atoms with Crippen LogP contribution in [0.2, 0.25) is 0 Å². The van der Waals surface area contributed by atoms with E-state index < -0.39 is 5.60 Å². The normalized spacial score (nSPS) is 12.7. The lowest BCUT2D eigenvalue weighted by Crippen LogP contribution is -2.21. The molecule has 0 atom stereocenters. The number of hydrogen-bond donors (Lipinski definition) is 1. The van der Waals surface area contributed by atoms with Gasteiger partial charge in [0.15, 0.2) is 0 Å². The van der Waals surface area contributed by atoms with Crippen LogP contribution in [0.15, 0.2) is 42.5 Å². The van der Waals surface area contributed by atoms with Gasteiger partial charge >= 0.3 is 0 Å². The van der Waals surface area contributed by atoms with Crippen molar-refractivity contribution in [2.75, 3.05) is 7.05 Å². The topological polar surface area (TPSA) is 23.5 Å². The molecule has 0 heterocycles. The fourth-order valence-electron chi connectivity index (χ4n) is 3.29. The summed E-state index contributed by atoms with van der Waals surface area (Å²) in [6, 6.07) is 15.2. The Kier molecular flexibility index (Phi) is 5.75. The summed E-state index contributed by atoms with van der Waals surface area (Å²) in [5.74, 6) is 0. The lowest BCUT2D eigenvalue weighted by atomic mass is 9.87. The molecule has 2 nitrogen and oxygen atoms in total. The summed E-state index contributed by atoms with van der Waals surface area (Å²) in [7, 11) is 2.15. The summed E-state index contributed by atoms with van der Waals surface area (Å²) >= 11 is 0. The SMILES string of the molecule is Cc1c(CN(C)Cc2ccc(C(C)(C)C)cc2)cccc1C(C)(C)O. The number of hydrogen-bond acceptors (Lipinski definition) is 2. The van der Waals surface area contributed by atoms with Crippen LogP contribution >= 0.6 is 0 Å². The molecular formula is C23H33NO. The van der Waals surface area contributed by atoms with Gasteiger partial charge in [0.25, 0.3) is 0 Å². The van der Waals surface area contributed by atoms with Gasteiger partial charge in [0, 0.05) is 13.1 Å². The van der Waals surface area contributed by atoms with Gasteiger partial charge in [0.05, 0.1) is 5.60 Å². The molecule has 0 aliphatic carbocycles. The van der Waals surface area contributed by atoms with Crippen molar-refractivity contribution >= 4 is 0 Å². The summed E-state index contributed by atoms with van der Waals surface area (Å²) in [5.41, 5.74) is 5.55. The van der Waals surface area contributed by atoms with Gasteiger partial charge in [-0.25, -0.2) is 0 Å². The Hall–Kier alpha value is -1.64. The van der Waals surface area contributed by atoms with E-state index in [0.29, 0.717) is 0 Å². The minimum Gasteiger partial charge on any atom is -0.386 e. The molecule has 0 radical (unpaired) electrons. The van der Waals surface area contributed by atoms with Crippen LogP contribution in [0.5, 0.6) is 0 Å². The first kappa shape index (κ1) is 19.7. The van der Waals surface area contributed by atoms with Crippen LogP contribution < -0.4 is 0 Å². The van der Waals surface area contributed by atoms with Crippen molar-refractivity contribution in [3.05, 3.63) is 70.3 Å². The van der Waals surface area contributed by atoms with Crippen LogP contribution in [-0.4, -0.2) is 17.1 Å². The molecule has 2 heteroatoms. The van der Waals surface area contributed by atoms with Crippen LogP contribution in [0.1, 0.15) is 62.4 Å². The molecule has 0 spiro atoms. The molecule has 0 aliphatic heterocycles. The van der Waals surface area contributed by atoms with E-state index in [-0.39, 0.29) is 5.41 Å². The predicted molar refractivity (Wildman–Crippen MR) is 107 cm³/mol. The van der Waals surface area contributed by atoms with E-state index in [4.69, 9.17) is 0 Å². The van der Waals surface area contributed by atoms with Crippen LogP contribution in [0.3, 0.4) is 0 Å². The number of rotatable bonds is 5. The fraction of sp³-hybridized carbons (Fsp3) is 0.478. The maximum absolute atomic E-state index is 10.3. The molecule has 1 N–H and O–H groups in total. The third-order valence-electron chi connectivity index (χ3n) is 4.82. The predicted octanol–water partition coefficient (Wildman–Crippen LogP) is 5.15. The minimum atomic E-state index is -0.804. The zero-order valence-electron chi connectivity index (χ0n) is 16.9. The van der Waals surface area contributed by atoms with Crippen molar-refractivity contribution in [1.29, 1.82) is 0 Å². The van der Waals surface area contributed by atoms with Crippen LogP contribution in [0, 0.1) is 6.92 Å². The van der Waals surface area contributed by atoms with Crippen molar-refractivity contribution in [3.8, 4) is 0 Å². The molecule has 0 unspecified atom stereocenters. The number of nitrogens with zero attached hydrogens (tertiary/aromatic N) is 1. The van der Waals surface area contributed by atoms with Gasteiger partial charge in [-0.1, -0.05) is 63.2 Å².